The van der Waals surface area contributed by atoms with E-state index >= 15 is 0 Å². The first-order valence-corrected chi connectivity index (χ1v) is 6.81. The normalized spacial score (nSPS) is 19.4. The van der Waals surface area contributed by atoms with E-state index in [1.54, 1.807) is 7.05 Å². The van der Waals surface area contributed by atoms with Crippen molar-refractivity contribution in [3.63, 3.8) is 0 Å². The molecule has 1 aliphatic heterocycles. The molecular formula is C12H23N3O2S. The van der Waals surface area contributed by atoms with Crippen LogP contribution in [0.5, 0.6) is 0 Å². The van der Waals surface area contributed by atoms with E-state index in [0.717, 1.165) is 32.5 Å². The summed E-state index contributed by atoms with van der Waals surface area (Å²) in [6.45, 7) is 5.09. The Balaban J connectivity index is 2.43. The van der Waals surface area contributed by atoms with Crippen LogP contribution < -0.4 is 11.1 Å². The molecule has 1 saturated heterocycles. The van der Waals surface area contributed by atoms with Gasteiger partial charge in [-0.05, 0) is 19.8 Å². The highest BCUT2D eigenvalue weighted by Crippen LogP contribution is 2.27. The monoisotopic (exact) mass is 273 g/mol. The molecule has 1 amide bonds. The van der Waals surface area contributed by atoms with Gasteiger partial charge in [0.1, 0.15) is 10.6 Å². The lowest BCUT2D eigenvalue weighted by Gasteiger charge is -2.40. The van der Waals surface area contributed by atoms with Gasteiger partial charge in [-0.3, -0.25) is 4.79 Å². The number of amides is 1. The zero-order valence-electron chi connectivity index (χ0n) is 11.2. The number of likely N-dealkylation sites (tertiary alicyclic amines) is 1. The van der Waals surface area contributed by atoms with Crippen LogP contribution in [-0.4, -0.2) is 54.7 Å². The molecular weight excluding hydrogens is 250 g/mol. The zero-order valence-corrected chi connectivity index (χ0v) is 12.0. The van der Waals surface area contributed by atoms with E-state index in [1.807, 2.05) is 6.92 Å². The highest BCUT2D eigenvalue weighted by atomic mass is 32.1. The van der Waals surface area contributed by atoms with Crippen LogP contribution in [0.3, 0.4) is 0 Å². The quantitative estimate of drug-likeness (QED) is 0.680. The SMILES string of the molecule is CCOC1(C(N)=S)CCN(CCC(=O)NC)CC1. The number of carbonyl (C=O) groups is 1. The predicted octanol–water partition coefficient (Wildman–Crippen LogP) is 0.280. The maximum atomic E-state index is 11.2. The molecule has 0 aromatic rings. The van der Waals surface area contributed by atoms with E-state index in [0.29, 0.717) is 18.0 Å². The Labute approximate surface area is 114 Å². The van der Waals surface area contributed by atoms with E-state index < -0.39 is 5.60 Å². The first-order chi connectivity index (χ1) is 8.54. The first kappa shape index (κ1) is 15.3. The second-order valence-corrected chi connectivity index (χ2v) is 5.00. The summed E-state index contributed by atoms with van der Waals surface area (Å²) in [6.07, 6.45) is 2.15. The molecule has 0 aliphatic carbocycles. The van der Waals surface area contributed by atoms with Gasteiger partial charge in [0.2, 0.25) is 5.91 Å². The van der Waals surface area contributed by atoms with Crippen molar-refractivity contribution in [3.8, 4) is 0 Å². The summed E-state index contributed by atoms with van der Waals surface area (Å²) in [5.41, 5.74) is 5.36. The minimum Gasteiger partial charge on any atom is -0.391 e. The molecule has 5 nitrogen and oxygen atoms in total. The number of nitrogens with one attached hydrogen (secondary N) is 1. The number of nitrogens with zero attached hydrogens (tertiary/aromatic N) is 1. The van der Waals surface area contributed by atoms with Crippen LogP contribution in [-0.2, 0) is 9.53 Å². The molecule has 0 aromatic heterocycles. The number of hydrogen-bond acceptors (Lipinski definition) is 4. The minimum atomic E-state index is -0.437. The van der Waals surface area contributed by atoms with Crippen molar-refractivity contribution in [2.45, 2.75) is 31.8 Å². The summed E-state index contributed by atoms with van der Waals surface area (Å²) in [6, 6.07) is 0. The molecule has 1 aliphatic rings. The molecule has 0 unspecified atom stereocenters. The summed E-state index contributed by atoms with van der Waals surface area (Å²) in [5, 5.41) is 2.63. The molecule has 6 heteroatoms. The Morgan fingerprint density at radius 1 is 1.50 bits per heavy atom. The minimum absolute atomic E-state index is 0.0750. The van der Waals surface area contributed by atoms with Gasteiger partial charge in [-0.2, -0.15) is 0 Å². The van der Waals surface area contributed by atoms with Crippen LogP contribution in [0.25, 0.3) is 0 Å². The van der Waals surface area contributed by atoms with Gasteiger partial charge in [0.25, 0.3) is 0 Å². The van der Waals surface area contributed by atoms with E-state index in [2.05, 4.69) is 10.2 Å². The molecule has 0 spiro atoms. The summed E-state index contributed by atoms with van der Waals surface area (Å²) in [7, 11) is 1.66. The van der Waals surface area contributed by atoms with E-state index in [4.69, 9.17) is 22.7 Å². The van der Waals surface area contributed by atoms with Crippen molar-refractivity contribution in [1.82, 2.24) is 10.2 Å². The standard InChI is InChI=1S/C12H23N3O2S/c1-3-17-12(11(13)18)5-8-15(9-6-12)7-4-10(16)14-2/h3-9H2,1-2H3,(H2,13,18)(H,14,16). The molecule has 104 valence electrons. The van der Waals surface area contributed by atoms with Gasteiger partial charge in [0.15, 0.2) is 0 Å². The summed E-state index contributed by atoms with van der Waals surface area (Å²) in [5.74, 6) is 0.0750. The molecule has 0 aromatic carbocycles. The fraction of sp³-hybridized carbons (Fsp3) is 0.833. The van der Waals surface area contributed by atoms with Crippen molar-refractivity contribution in [2.24, 2.45) is 5.73 Å². The van der Waals surface area contributed by atoms with Crippen LogP contribution in [0.1, 0.15) is 26.2 Å². The zero-order chi connectivity index (χ0) is 13.6. The predicted molar refractivity (Wildman–Crippen MR) is 75.5 cm³/mol. The maximum Gasteiger partial charge on any atom is 0.221 e. The number of thiocarbonyl (C=S) groups is 1. The van der Waals surface area contributed by atoms with Gasteiger partial charge in [-0.15, -0.1) is 0 Å². The largest absolute Gasteiger partial charge is 0.391 e. The second-order valence-electron chi connectivity index (χ2n) is 4.56. The van der Waals surface area contributed by atoms with Crippen molar-refractivity contribution in [2.75, 3.05) is 33.3 Å². The topological polar surface area (TPSA) is 67.6 Å². The third kappa shape index (κ3) is 3.90. The molecule has 0 saturated carbocycles. The molecule has 0 radical (unpaired) electrons. The van der Waals surface area contributed by atoms with E-state index in [9.17, 15) is 4.79 Å². The number of nitrogens with two attached hydrogens (primary N) is 1. The number of rotatable bonds is 6. The summed E-state index contributed by atoms with van der Waals surface area (Å²) < 4.78 is 5.75. The Hall–Kier alpha value is -0.720. The van der Waals surface area contributed by atoms with Crippen molar-refractivity contribution >= 4 is 23.1 Å². The van der Waals surface area contributed by atoms with Crippen LogP contribution in [0, 0.1) is 0 Å². The van der Waals surface area contributed by atoms with Gasteiger partial charge in [-0.25, -0.2) is 0 Å². The molecule has 1 fully saturated rings. The lowest BCUT2D eigenvalue weighted by atomic mass is 9.91. The Bertz CT molecular complexity index is 302. The van der Waals surface area contributed by atoms with Crippen molar-refractivity contribution in [1.29, 1.82) is 0 Å². The molecule has 1 heterocycles. The van der Waals surface area contributed by atoms with Crippen LogP contribution in [0.2, 0.25) is 0 Å². The maximum absolute atomic E-state index is 11.2. The summed E-state index contributed by atoms with van der Waals surface area (Å²) in [4.78, 5) is 13.9. The van der Waals surface area contributed by atoms with Crippen LogP contribution in [0.15, 0.2) is 0 Å². The van der Waals surface area contributed by atoms with Gasteiger partial charge in [0, 0.05) is 39.7 Å². The Kier molecular flexibility index (Phi) is 5.98. The molecule has 18 heavy (non-hydrogen) atoms. The van der Waals surface area contributed by atoms with Crippen LogP contribution in [0.4, 0.5) is 0 Å². The van der Waals surface area contributed by atoms with Gasteiger partial charge in [0.05, 0.1) is 0 Å². The first-order valence-electron chi connectivity index (χ1n) is 6.41. The third-order valence-electron chi connectivity index (χ3n) is 3.47. The highest BCUT2D eigenvalue weighted by Gasteiger charge is 2.37. The average Bonchev–Trinajstić information content (AvgIpc) is 2.37. The van der Waals surface area contributed by atoms with Crippen molar-refractivity contribution in [3.05, 3.63) is 0 Å². The number of hydrogen-bond donors (Lipinski definition) is 2. The Morgan fingerprint density at radius 2 is 2.11 bits per heavy atom. The smallest absolute Gasteiger partial charge is 0.221 e. The highest BCUT2D eigenvalue weighted by molar-refractivity contribution is 7.80. The fourth-order valence-corrected chi connectivity index (χ4v) is 2.52. The van der Waals surface area contributed by atoms with Gasteiger partial charge < -0.3 is 20.7 Å². The third-order valence-corrected chi connectivity index (χ3v) is 3.84. The van der Waals surface area contributed by atoms with E-state index in [1.165, 1.54) is 0 Å². The number of carbonyl (C=O) groups excluding carboxylic acids is 1. The molecule has 1 rings (SSSR count). The van der Waals surface area contributed by atoms with Crippen molar-refractivity contribution < 1.29 is 9.53 Å². The molecule has 0 bridgehead atoms. The lowest BCUT2D eigenvalue weighted by molar-refractivity contribution is -0.121. The Morgan fingerprint density at radius 3 is 2.56 bits per heavy atom. The van der Waals surface area contributed by atoms with Gasteiger partial charge >= 0.3 is 0 Å². The van der Waals surface area contributed by atoms with Gasteiger partial charge in [-0.1, -0.05) is 12.2 Å². The number of piperidine rings is 1. The molecule has 0 atom stereocenters. The second kappa shape index (κ2) is 7.01. The summed E-state index contributed by atoms with van der Waals surface area (Å²) >= 11 is 5.13. The lowest BCUT2D eigenvalue weighted by Crippen LogP contribution is -2.53. The van der Waals surface area contributed by atoms with Crippen LogP contribution >= 0.6 is 12.2 Å². The molecule has 3 N–H and O–H groups in total. The van der Waals surface area contributed by atoms with E-state index in [-0.39, 0.29) is 5.91 Å². The average molecular weight is 273 g/mol. The number of ether oxygens (including phenoxy) is 1. The fourth-order valence-electron chi connectivity index (χ4n) is 2.26.